The highest BCUT2D eigenvalue weighted by Crippen LogP contribution is 2.23. The van der Waals surface area contributed by atoms with Crippen LogP contribution < -0.4 is 10.1 Å². The fourth-order valence-corrected chi connectivity index (χ4v) is 4.27. The van der Waals surface area contributed by atoms with Crippen molar-refractivity contribution in [1.29, 1.82) is 0 Å². The van der Waals surface area contributed by atoms with Crippen LogP contribution in [0.4, 0.5) is 10.1 Å². The molecule has 1 N–H and O–H groups in total. The van der Waals surface area contributed by atoms with E-state index in [1.54, 1.807) is 32.9 Å². The van der Waals surface area contributed by atoms with Crippen LogP contribution in [-0.2, 0) is 14.8 Å². The summed E-state index contributed by atoms with van der Waals surface area (Å²) in [5.41, 5.74) is 0.940. The first kappa shape index (κ1) is 20.9. The molecule has 2 rings (SSSR count). The molecule has 0 atom stereocenters. The molecule has 0 aromatic heterocycles. The summed E-state index contributed by atoms with van der Waals surface area (Å²) < 4.78 is 45.2. The third-order valence-electron chi connectivity index (χ3n) is 3.96. The van der Waals surface area contributed by atoms with E-state index in [0.717, 1.165) is 0 Å². The highest BCUT2D eigenvalue weighted by Gasteiger charge is 2.24. The number of anilines is 1. The van der Waals surface area contributed by atoms with Gasteiger partial charge in [-0.2, -0.15) is 4.31 Å². The number of benzene rings is 2. The van der Waals surface area contributed by atoms with Crippen molar-refractivity contribution in [3.8, 4) is 5.75 Å². The van der Waals surface area contributed by atoms with E-state index in [4.69, 9.17) is 4.74 Å². The van der Waals surface area contributed by atoms with Gasteiger partial charge in [0, 0.05) is 24.8 Å². The number of rotatable bonds is 8. The first-order chi connectivity index (χ1) is 12.8. The lowest BCUT2D eigenvalue weighted by Gasteiger charge is -2.20. The molecule has 2 aromatic rings. The van der Waals surface area contributed by atoms with Gasteiger partial charge in [-0.05, 0) is 36.8 Å². The average molecular weight is 394 g/mol. The third kappa shape index (κ3) is 5.27. The standard InChI is InChI=1S/C19H23FN2O4S/c1-4-22(5-2)27(24,25)18-12-16(10-9-14(18)3)21-19(23)13-26-17-8-6-7-15(20)11-17/h6-12H,4-5,13H2,1-3H3,(H,21,23). The van der Waals surface area contributed by atoms with Crippen LogP contribution in [0.15, 0.2) is 47.4 Å². The number of carbonyl (C=O) groups excluding carboxylic acids is 1. The van der Waals surface area contributed by atoms with E-state index >= 15 is 0 Å². The molecular formula is C19H23FN2O4S. The molecule has 6 nitrogen and oxygen atoms in total. The molecule has 0 saturated heterocycles. The number of aryl methyl sites for hydroxylation is 1. The summed E-state index contributed by atoms with van der Waals surface area (Å²) in [6.45, 7) is 5.63. The van der Waals surface area contributed by atoms with Crippen LogP contribution >= 0.6 is 0 Å². The van der Waals surface area contributed by atoms with E-state index in [9.17, 15) is 17.6 Å². The summed E-state index contributed by atoms with van der Waals surface area (Å²) in [7, 11) is -3.64. The van der Waals surface area contributed by atoms with E-state index < -0.39 is 21.7 Å². The minimum Gasteiger partial charge on any atom is -0.484 e. The summed E-state index contributed by atoms with van der Waals surface area (Å²) in [5, 5.41) is 2.60. The molecule has 0 radical (unpaired) electrons. The van der Waals surface area contributed by atoms with Crippen molar-refractivity contribution >= 4 is 21.6 Å². The van der Waals surface area contributed by atoms with Gasteiger partial charge in [-0.25, -0.2) is 12.8 Å². The van der Waals surface area contributed by atoms with Crippen LogP contribution in [0, 0.1) is 12.7 Å². The Labute approximate surface area is 159 Å². The molecule has 146 valence electrons. The SMILES string of the molecule is CCN(CC)S(=O)(=O)c1cc(NC(=O)COc2cccc(F)c2)ccc1C. The fourth-order valence-electron chi connectivity index (χ4n) is 2.56. The van der Waals surface area contributed by atoms with Gasteiger partial charge >= 0.3 is 0 Å². The van der Waals surface area contributed by atoms with Gasteiger partial charge < -0.3 is 10.1 Å². The molecule has 1 amide bonds. The van der Waals surface area contributed by atoms with E-state index in [1.165, 1.54) is 34.6 Å². The Balaban J connectivity index is 2.12. The van der Waals surface area contributed by atoms with Crippen LogP contribution in [0.1, 0.15) is 19.4 Å². The maximum atomic E-state index is 13.1. The van der Waals surface area contributed by atoms with Crippen molar-refractivity contribution in [3.05, 3.63) is 53.8 Å². The van der Waals surface area contributed by atoms with Gasteiger partial charge in [0.15, 0.2) is 6.61 Å². The second-order valence-corrected chi connectivity index (χ2v) is 7.77. The minimum absolute atomic E-state index is 0.148. The van der Waals surface area contributed by atoms with Crippen LogP contribution in [0.2, 0.25) is 0 Å². The Morgan fingerprint density at radius 3 is 2.48 bits per heavy atom. The van der Waals surface area contributed by atoms with E-state index in [1.807, 2.05) is 0 Å². The fraction of sp³-hybridized carbons (Fsp3) is 0.316. The number of sulfonamides is 1. The quantitative estimate of drug-likeness (QED) is 0.746. The van der Waals surface area contributed by atoms with Crippen molar-refractivity contribution in [2.45, 2.75) is 25.7 Å². The maximum absolute atomic E-state index is 13.1. The van der Waals surface area contributed by atoms with Crippen molar-refractivity contribution < 1.29 is 22.3 Å². The van der Waals surface area contributed by atoms with Gasteiger partial charge in [-0.3, -0.25) is 4.79 Å². The number of halogens is 1. The van der Waals surface area contributed by atoms with Crippen LogP contribution in [0.3, 0.4) is 0 Å². The predicted molar refractivity (Wildman–Crippen MR) is 102 cm³/mol. The maximum Gasteiger partial charge on any atom is 0.262 e. The molecule has 2 aromatic carbocycles. The summed E-state index contributed by atoms with van der Waals surface area (Å²) in [6, 6.07) is 10.2. The molecule has 27 heavy (non-hydrogen) atoms. The zero-order valence-electron chi connectivity index (χ0n) is 15.5. The number of hydrogen-bond acceptors (Lipinski definition) is 4. The number of hydrogen-bond donors (Lipinski definition) is 1. The van der Waals surface area contributed by atoms with Gasteiger partial charge in [-0.15, -0.1) is 0 Å². The molecule has 0 aliphatic heterocycles. The van der Waals surface area contributed by atoms with Gasteiger partial charge in [0.05, 0.1) is 4.90 Å². The number of nitrogens with one attached hydrogen (secondary N) is 1. The molecule has 0 saturated carbocycles. The molecule has 0 bridgehead atoms. The number of amides is 1. The normalized spacial score (nSPS) is 11.4. The monoisotopic (exact) mass is 394 g/mol. The van der Waals surface area contributed by atoms with E-state index in [0.29, 0.717) is 24.3 Å². The molecule has 0 fully saturated rings. The molecule has 0 spiro atoms. The number of nitrogens with zero attached hydrogens (tertiary/aromatic N) is 1. The first-order valence-electron chi connectivity index (χ1n) is 8.57. The van der Waals surface area contributed by atoms with E-state index in [2.05, 4.69) is 5.32 Å². The average Bonchev–Trinajstić information content (AvgIpc) is 2.62. The Morgan fingerprint density at radius 1 is 1.15 bits per heavy atom. The first-order valence-corrected chi connectivity index (χ1v) is 10.0. The summed E-state index contributed by atoms with van der Waals surface area (Å²) in [4.78, 5) is 12.2. The summed E-state index contributed by atoms with van der Waals surface area (Å²) in [5.74, 6) is -0.703. The smallest absolute Gasteiger partial charge is 0.262 e. The summed E-state index contributed by atoms with van der Waals surface area (Å²) in [6.07, 6.45) is 0. The third-order valence-corrected chi connectivity index (χ3v) is 6.15. The Morgan fingerprint density at radius 2 is 1.85 bits per heavy atom. The molecule has 0 aliphatic carbocycles. The lowest BCUT2D eigenvalue weighted by Crippen LogP contribution is -2.31. The largest absolute Gasteiger partial charge is 0.484 e. The van der Waals surface area contributed by atoms with Crippen LogP contribution in [-0.4, -0.2) is 38.3 Å². The van der Waals surface area contributed by atoms with Crippen molar-refractivity contribution in [3.63, 3.8) is 0 Å². The molecule has 0 heterocycles. The molecule has 0 unspecified atom stereocenters. The molecule has 0 aliphatic rings. The Hall–Kier alpha value is -2.45. The zero-order chi connectivity index (χ0) is 20.0. The number of ether oxygens (including phenoxy) is 1. The summed E-state index contributed by atoms with van der Waals surface area (Å²) >= 11 is 0. The van der Waals surface area contributed by atoms with Gasteiger partial charge in [0.1, 0.15) is 11.6 Å². The highest BCUT2D eigenvalue weighted by molar-refractivity contribution is 7.89. The Bertz CT molecular complexity index is 912. The van der Waals surface area contributed by atoms with Gasteiger partial charge in [0.25, 0.3) is 5.91 Å². The molecule has 8 heteroatoms. The molecular weight excluding hydrogens is 371 g/mol. The number of carbonyl (C=O) groups is 1. The minimum atomic E-state index is -3.64. The second kappa shape index (κ2) is 8.96. The predicted octanol–water partition coefficient (Wildman–Crippen LogP) is 3.18. The lowest BCUT2D eigenvalue weighted by molar-refractivity contribution is -0.118. The topological polar surface area (TPSA) is 75.7 Å². The Kier molecular flexibility index (Phi) is 6.92. The van der Waals surface area contributed by atoms with E-state index in [-0.39, 0.29) is 17.3 Å². The highest BCUT2D eigenvalue weighted by atomic mass is 32.2. The van der Waals surface area contributed by atoms with Crippen molar-refractivity contribution in [1.82, 2.24) is 4.31 Å². The van der Waals surface area contributed by atoms with Crippen molar-refractivity contribution in [2.24, 2.45) is 0 Å². The van der Waals surface area contributed by atoms with Crippen LogP contribution in [0.5, 0.6) is 5.75 Å². The lowest BCUT2D eigenvalue weighted by atomic mass is 10.2. The van der Waals surface area contributed by atoms with Crippen LogP contribution in [0.25, 0.3) is 0 Å². The zero-order valence-corrected chi connectivity index (χ0v) is 16.3. The second-order valence-electron chi connectivity index (χ2n) is 5.86. The van der Waals surface area contributed by atoms with Gasteiger partial charge in [0.2, 0.25) is 10.0 Å². The van der Waals surface area contributed by atoms with Crippen molar-refractivity contribution in [2.75, 3.05) is 25.0 Å². The van der Waals surface area contributed by atoms with Gasteiger partial charge in [-0.1, -0.05) is 26.0 Å².